The van der Waals surface area contributed by atoms with Gasteiger partial charge in [0.25, 0.3) is 5.56 Å². The van der Waals surface area contributed by atoms with Gasteiger partial charge in [-0.15, -0.1) is 5.10 Å². The molecule has 8 nitrogen and oxygen atoms in total. The van der Waals surface area contributed by atoms with Gasteiger partial charge in [-0.05, 0) is 39.7 Å². The molecule has 9 heteroatoms. The Morgan fingerprint density at radius 1 is 1.27 bits per heavy atom. The Kier molecular flexibility index (Phi) is 6.67. The number of fused-ring (bicyclic) bond motifs is 1. The summed E-state index contributed by atoms with van der Waals surface area (Å²) in [4.78, 5) is 34.4. The predicted octanol–water partition coefficient (Wildman–Crippen LogP) is 2.06. The highest BCUT2D eigenvalue weighted by molar-refractivity contribution is 7.20. The van der Waals surface area contributed by atoms with Gasteiger partial charge in [-0.25, -0.2) is 4.98 Å². The number of hydrogen-bond acceptors (Lipinski definition) is 7. The fraction of sp³-hybridized carbons (Fsp3) is 0.714. The van der Waals surface area contributed by atoms with E-state index in [1.165, 1.54) is 54.0 Å². The van der Waals surface area contributed by atoms with E-state index in [9.17, 15) is 9.59 Å². The van der Waals surface area contributed by atoms with Gasteiger partial charge in [0.05, 0.1) is 5.92 Å². The molecule has 2 aromatic rings. The summed E-state index contributed by atoms with van der Waals surface area (Å²) in [5.74, 6) is 0.0844. The predicted molar refractivity (Wildman–Crippen MR) is 119 cm³/mol. The van der Waals surface area contributed by atoms with Gasteiger partial charge in [0.2, 0.25) is 16.0 Å². The molecule has 1 atom stereocenters. The molecule has 164 valence electrons. The number of piperidine rings is 1. The number of nitrogens with zero attached hydrogens (tertiary/aromatic N) is 5. The van der Waals surface area contributed by atoms with Crippen molar-refractivity contribution in [1.29, 1.82) is 0 Å². The van der Waals surface area contributed by atoms with Crippen LogP contribution < -0.4 is 15.8 Å². The number of carbonyl (C=O) groups is 1. The van der Waals surface area contributed by atoms with Gasteiger partial charge in [0.1, 0.15) is 0 Å². The summed E-state index contributed by atoms with van der Waals surface area (Å²) in [6, 6.07) is 2.16. The van der Waals surface area contributed by atoms with Crippen LogP contribution in [-0.4, -0.2) is 64.7 Å². The van der Waals surface area contributed by atoms with Crippen LogP contribution in [-0.2, 0) is 4.79 Å². The number of aryl methyl sites for hydroxylation is 1. The van der Waals surface area contributed by atoms with Crippen molar-refractivity contribution in [3.05, 3.63) is 22.1 Å². The van der Waals surface area contributed by atoms with Crippen LogP contribution in [0.4, 0.5) is 5.13 Å². The molecule has 1 N–H and O–H groups in total. The Morgan fingerprint density at radius 2 is 2.07 bits per heavy atom. The first-order chi connectivity index (χ1) is 14.5. The highest BCUT2D eigenvalue weighted by Crippen LogP contribution is 2.27. The van der Waals surface area contributed by atoms with Crippen molar-refractivity contribution in [2.75, 3.05) is 38.1 Å². The molecule has 3 heterocycles. The van der Waals surface area contributed by atoms with Crippen LogP contribution in [0.25, 0.3) is 4.96 Å². The van der Waals surface area contributed by atoms with Crippen molar-refractivity contribution < 1.29 is 4.79 Å². The molecule has 0 radical (unpaired) electrons. The van der Waals surface area contributed by atoms with Gasteiger partial charge in [0, 0.05) is 44.0 Å². The van der Waals surface area contributed by atoms with Crippen LogP contribution in [0.5, 0.6) is 0 Å². The zero-order chi connectivity index (χ0) is 21.1. The van der Waals surface area contributed by atoms with Gasteiger partial charge in [-0.3, -0.25) is 9.59 Å². The molecule has 4 rings (SSSR count). The van der Waals surface area contributed by atoms with Crippen LogP contribution in [0, 0.1) is 12.8 Å². The van der Waals surface area contributed by atoms with Crippen LogP contribution in [0.1, 0.15) is 50.6 Å². The molecule has 0 unspecified atom stereocenters. The van der Waals surface area contributed by atoms with Gasteiger partial charge < -0.3 is 15.1 Å². The minimum absolute atomic E-state index is 0.0443. The average Bonchev–Trinajstić information content (AvgIpc) is 3.19. The van der Waals surface area contributed by atoms with Crippen molar-refractivity contribution in [3.8, 4) is 0 Å². The van der Waals surface area contributed by atoms with Gasteiger partial charge in [-0.2, -0.15) is 4.52 Å². The topological polar surface area (TPSA) is 82.8 Å². The standard InChI is InChI=1S/C21H32N6O2S/c1-15-13-18(28)27-20(23-15)30-21(24-27)26-11-6-7-16(14-26)19(29)22-10-12-25(2)17-8-4-3-5-9-17/h13,16-17H,3-12,14H2,1-2H3,(H,22,29)/t16-/m1/s1. The lowest BCUT2D eigenvalue weighted by Gasteiger charge is -2.32. The molecule has 1 amide bonds. The maximum absolute atomic E-state index is 12.8. The molecule has 1 aliphatic carbocycles. The first-order valence-corrected chi connectivity index (χ1v) is 11.9. The third-order valence-corrected chi connectivity index (χ3v) is 7.36. The molecule has 0 bridgehead atoms. The van der Waals surface area contributed by atoms with Gasteiger partial charge in [0.15, 0.2) is 0 Å². The zero-order valence-electron chi connectivity index (χ0n) is 18.0. The molecule has 0 spiro atoms. The molecular weight excluding hydrogens is 400 g/mol. The maximum Gasteiger partial charge on any atom is 0.275 e. The Labute approximate surface area is 181 Å². The van der Waals surface area contributed by atoms with E-state index in [0.717, 1.165) is 31.1 Å². The summed E-state index contributed by atoms with van der Waals surface area (Å²) < 4.78 is 1.36. The second-order valence-corrected chi connectivity index (χ2v) is 9.60. The molecule has 1 saturated heterocycles. The average molecular weight is 433 g/mol. The van der Waals surface area contributed by atoms with Gasteiger partial charge in [-0.1, -0.05) is 30.6 Å². The normalized spacial score (nSPS) is 20.8. The number of hydrogen-bond donors (Lipinski definition) is 1. The molecule has 30 heavy (non-hydrogen) atoms. The fourth-order valence-electron chi connectivity index (χ4n) is 4.61. The summed E-state index contributed by atoms with van der Waals surface area (Å²) in [6.45, 7) is 4.90. The van der Waals surface area contributed by atoms with Gasteiger partial charge >= 0.3 is 0 Å². The lowest BCUT2D eigenvalue weighted by molar-refractivity contribution is -0.125. The highest BCUT2D eigenvalue weighted by atomic mass is 32.1. The third kappa shape index (κ3) is 4.83. The van der Waals surface area contributed by atoms with E-state index < -0.39 is 0 Å². The van der Waals surface area contributed by atoms with Crippen LogP contribution in [0.3, 0.4) is 0 Å². The second-order valence-electron chi connectivity index (χ2n) is 8.66. The van der Waals surface area contributed by atoms with E-state index in [4.69, 9.17) is 0 Å². The molecule has 1 saturated carbocycles. The van der Waals surface area contributed by atoms with Crippen LogP contribution in [0.15, 0.2) is 10.9 Å². The number of amides is 1. The Hall–Kier alpha value is -2.00. The monoisotopic (exact) mass is 432 g/mol. The summed E-state index contributed by atoms with van der Waals surface area (Å²) in [6.07, 6.45) is 8.40. The third-order valence-electron chi connectivity index (χ3n) is 6.39. The maximum atomic E-state index is 12.8. The summed E-state index contributed by atoms with van der Waals surface area (Å²) >= 11 is 1.41. The quantitative estimate of drug-likeness (QED) is 0.752. The van der Waals surface area contributed by atoms with E-state index in [1.54, 1.807) is 0 Å². The number of likely N-dealkylation sites (N-methyl/N-ethyl adjacent to an activating group) is 1. The first kappa shape index (κ1) is 21.2. The number of aromatic nitrogens is 3. The Bertz CT molecular complexity index is 935. The molecule has 2 aromatic heterocycles. The smallest absolute Gasteiger partial charge is 0.275 e. The number of nitrogens with one attached hydrogen (secondary N) is 1. The van der Waals surface area contributed by atoms with E-state index in [2.05, 4.69) is 32.2 Å². The van der Waals surface area contributed by atoms with Crippen molar-refractivity contribution in [3.63, 3.8) is 0 Å². The van der Waals surface area contributed by atoms with E-state index in [0.29, 0.717) is 29.8 Å². The highest BCUT2D eigenvalue weighted by Gasteiger charge is 2.28. The van der Waals surface area contributed by atoms with E-state index in [-0.39, 0.29) is 17.4 Å². The number of rotatable bonds is 6. The van der Waals surface area contributed by atoms with E-state index >= 15 is 0 Å². The van der Waals surface area contributed by atoms with Crippen LogP contribution >= 0.6 is 11.3 Å². The largest absolute Gasteiger partial charge is 0.355 e. The number of carbonyl (C=O) groups excluding carboxylic acids is 1. The van der Waals surface area contributed by atoms with Crippen molar-refractivity contribution in [1.82, 2.24) is 24.8 Å². The zero-order valence-corrected chi connectivity index (χ0v) is 18.8. The van der Waals surface area contributed by atoms with E-state index in [1.807, 2.05) is 6.92 Å². The summed E-state index contributed by atoms with van der Waals surface area (Å²) in [5, 5.41) is 8.37. The Balaban J connectivity index is 1.31. The minimum atomic E-state index is -0.159. The van der Waals surface area contributed by atoms with Crippen molar-refractivity contribution >= 4 is 27.3 Å². The molecule has 2 aliphatic rings. The lowest BCUT2D eigenvalue weighted by atomic mass is 9.94. The molecular formula is C21H32N6O2S. The fourth-order valence-corrected chi connectivity index (χ4v) is 5.59. The first-order valence-electron chi connectivity index (χ1n) is 11.1. The summed E-state index contributed by atoms with van der Waals surface area (Å²) in [5.41, 5.74) is 0.540. The Morgan fingerprint density at radius 3 is 2.87 bits per heavy atom. The number of anilines is 1. The van der Waals surface area contributed by atoms with Crippen molar-refractivity contribution in [2.24, 2.45) is 5.92 Å². The molecule has 1 aliphatic heterocycles. The molecule has 0 aromatic carbocycles. The minimum Gasteiger partial charge on any atom is -0.355 e. The lowest BCUT2D eigenvalue weighted by Crippen LogP contribution is -2.45. The summed E-state index contributed by atoms with van der Waals surface area (Å²) in [7, 11) is 2.18. The van der Waals surface area contributed by atoms with Crippen LogP contribution in [0.2, 0.25) is 0 Å². The second kappa shape index (κ2) is 9.43. The van der Waals surface area contributed by atoms with Crippen molar-refractivity contribution in [2.45, 2.75) is 57.9 Å². The SMILES string of the molecule is Cc1cc(=O)n2nc(N3CCC[C@@H](C(=O)NCCN(C)C4CCCCC4)C3)sc2n1. The molecule has 2 fully saturated rings.